The van der Waals surface area contributed by atoms with Gasteiger partial charge in [-0.1, -0.05) is 98.6 Å². The molecule has 0 spiro atoms. The lowest BCUT2D eigenvalue weighted by Gasteiger charge is -2.40. The van der Waals surface area contributed by atoms with Crippen LogP contribution in [-0.2, 0) is 21.1 Å². The van der Waals surface area contributed by atoms with Gasteiger partial charge in [-0.15, -0.1) is 0 Å². The Morgan fingerprint density at radius 3 is 2.12 bits per heavy atom. The summed E-state index contributed by atoms with van der Waals surface area (Å²) < 4.78 is 18.6. The van der Waals surface area contributed by atoms with Crippen LogP contribution in [0.25, 0.3) is 0 Å². The Balaban J connectivity index is 2.11. The number of aliphatic hydroxyl groups excluding tert-OH is 1. The third kappa shape index (κ3) is 5.43. The molecule has 3 rings (SSSR count). The topological polar surface area (TPSA) is 104 Å². The van der Waals surface area contributed by atoms with E-state index >= 15 is 0 Å². The maximum atomic E-state index is 13.1. The van der Waals surface area contributed by atoms with Crippen LogP contribution in [0.4, 0.5) is 0 Å². The number of carbonyl (C=O) groups is 1. The van der Waals surface area contributed by atoms with Gasteiger partial charge in [-0.3, -0.25) is 4.57 Å². The lowest BCUT2D eigenvalue weighted by atomic mass is 9.82. The minimum Gasteiger partial charge on any atom is -0.457 e. The van der Waals surface area contributed by atoms with Gasteiger partial charge in [0.2, 0.25) is 0 Å². The quantitative estimate of drug-likeness (QED) is 0.274. The molecule has 0 aliphatic carbocycles. The van der Waals surface area contributed by atoms with E-state index in [0.29, 0.717) is 18.4 Å². The maximum absolute atomic E-state index is 13.1. The first-order valence-electron chi connectivity index (χ1n) is 10.9. The molecule has 7 heteroatoms. The number of rotatable bonds is 10. The molecule has 0 amide bonds. The predicted octanol–water partition coefficient (Wildman–Crippen LogP) is 5.34. The van der Waals surface area contributed by atoms with Crippen LogP contribution in [0, 0.1) is 0 Å². The fraction of sp³-hybridized carbons (Fsp3) is 0.269. The molecule has 0 bridgehead atoms. The fourth-order valence-corrected chi connectivity index (χ4v) is 5.50. The molecular weight excluding hydrogens is 439 g/mol. The Morgan fingerprint density at radius 2 is 1.52 bits per heavy atom. The molecule has 3 N–H and O–H groups in total. The van der Waals surface area contributed by atoms with Gasteiger partial charge in [0.1, 0.15) is 17.9 Å². The molecule has 0 fully saturated rings. The third-order valence-corrected chi connectivity index (χ3v) is 7.57. The van der Waals surface area contributed by atoms with E-state index in [2.05, 4.69) is 0 Å². The smallest absolute Gasteiger partial charge is 0.339 e. The molecule has 0 saturated carbocycles. The largest absolute Gasteiger partial charge is 0.457 e. The van der Waals surface area contributed by atoms with Gasteiger partial charge >= 0.3 is 13.6 Å². The molecule has 0 radical (unpaired) electrons. The van der Waals surface area contributed by atoms with Gasteiger partial charge in [-0.25, -0.2) is 4.79 Å². The summed E-state index contributed by atoms with van der Waals surface area (Å²) in [4.78, 5) is 34.4. The number of esters is 1. The van der Waals surface area contributed by atoms with Crippen molar-refractivity contribution in [3.05, 3.63) is 107 Å². The van der Waals surface area contributed by atoms with Gasteiger partial charge in [0.25, 0.3) is 0 Å². The summed E-state index contributed by atoms with van der Waals surface area (Å²) in [5, 5.41) is 9.41. The molecule has 3 aromatic rings. The van der Waals surface area contributed by atoms with Crippen molar-refractivity contribution in [3.8, 4) is 0 Å². The lowest BCUT2D eigenvalue weighted by Crippen LogP contribution is -2.36. The normalized spacial score (nSPS) is 14.3. The summed E-state index contributed by atoms with van der Waals surface area (Å²) in [7, 11) is -4.98. The molecular formula is C26H29O6P. The van der Waals surface area contributed by atoms with E-state index < -0.39 is 24.8 Å². The second kappa shape index (κ2) is 10.9. The Labute approximate surface area is 194 Å². The van der Waals surface area contributed by atoms with Gasteiger partial charge in [-0.2, -0.15) is 0 Å². The van der Waals surface area contributed by atoms with Crippen LogP contribution in [0.3, 0.4) is 0 Å². The second-order valence-corrected chi connectivity index (χ2v) is 9.88. The molecule has 6 nitrogen and oxygen atoms in total. The lowest BCUT2D eigenvalue weighted by molar-refractivity contribution is 0.0465. The van der Waals surface area contributed by atoms with Crippen molar-refractivity contribution in [2.24, 2.45) is 0 Å². The minimum absolute atomic E-state index is 0.00713. The molecule has 0 aromatic heterocycles. The molecule has 2 unspecified atom stereocenters. The number of hydrogen-bond donors (Lipinski definition) is 3. The Bertz CT molecular complexity index is 1100. The Kier molecular flexibility index (Phi) is 8.22. The maximum Gasteiger partial charge on any atom is 0.339 e. The van der Waals surface area contributed by atoms with E-state index in [0.717, 1.165) is 5.56 Å². The van der Waals surface area contributed by atoms with Crippen LogP contribution in [0.15, 0.2) is 84.9 Å². The minimum atomic E-state index is -4.98. The van der Waals surface area contributed by atoms with Crippen LogP contribution in [-0.4, -0.2) is 20.9 Å². The Hall–Kier alpha value is -2.76. The molecule has 3 aromatic carbocycles. The summed E-state index contributed by atoms with van der Waals surface area (Å²) in [5.74, 6) is -0.705. The molecule has 0 saturated heterocycles. The van der Waals surface area contributed by atoms with Gasteiger partial charge in [0.15, 0.2) is 0 Å². The summed E-state index contributed by atoms with van der Waals surface area (Å²) in [6, 6.07) is 23.8. The van der Waals surface area contributed by atoms with Crippen LogP contribution in [0.2, 0.25) is 0 Å². The van der Waals surface area contributed by atoms with Gasteiger partial charge in [0, 0.05) is 0 Å². The van der Waals surface area contributed by atoms with Gasteiger partial charge in [0.05, 0.1) is 5.56 Å². The molecule has 33 heavy (non-hydrogen) atoms. The summed E-state index contributed by atoms with van der Waals surface area (Å²) >= 11 is 0. The second-order valence-electron chi connectivity index (χ2n) is 7.99. The molecule has 0 aliphatic heterocycles. The van der Waals surface area contributed by atoms with Crippen molar-refractivity contribution in [1.29, 1.82) is 0 Å². The van der Waals surface area contributed by atoms with Crippen molar-refractivity contribution in [3.63, 3.8) is 0 Å². The summed E-state index contributed by atoms with van der Waals surface area (Å²) in [6.07, 6.45) is -0.437. The fourth-order valence-electron chi connectivity index (χ4n) is 4.08. The first-order chi connectivity index (χ1) is 15.8. The van der Waals surface area contributed by atoms with Gasteiger partial charge in [-0.05, 0) is 29.2 Å². The van der Waals surface area contributed by atoms with E-state index in [1.807, 2.05) is 37.3 Å². The number of hydrogen-bond acceptors (Lipinski definition) is 4. The van der Waals surface area contributed by atoms with Crippen LogP contribution < -0.4 is 0 Å². The highest BCUT2D eigenvalue weighted by Crippen LogP contribution is 2.65. The molecule has 2 atom stereocenters. The zero-order chi connectivity index (χ0) is 23.9. The van der Waals surface area contributed by atoms with Crippen LogP contribution in [0.5, 0.6) is 0 Å². The predicted molar refractivity (Wildman–Crippen MR) is 127 cm³/mol. The number of carbonyl (C=O) groups excluding carboxylic acids is 1. The highest BCUT2D eigenvalue weighted by Gasteiger charge is 2.55. The zero-order valence-electron chi connectivity index (χ0n) is 18.5. The molecule has 174 valence electrons. The van der Waals surface area contributed by atoms with Crippen molar-refractivity contribution in [2.75, 3.05) is 0 Å². The van der Waals surface area contributed by atoms with Crippen LogP contribution >= 0.6 is 7.60 Å². The highest BCUT2D eigenvalue weighted by molar-refractivity contribution is 7.53. The van der Waals surface area contributed by atoms with E-state index in [1.54, 1.807) is 42.5 Å². The third-order valence-electron chi connectivity index (χ3n) is 5.83. The van der Waals surface area contributed by atoms with E-state index in [9.17, 15) is 24.3 Å². The van der Waals surface area contributed by atoms with E-state index in [1.165, 1.54) is 12.1 Å². The van der Waals surface area contributed by atoms with Crippen LogP contribution in [0.1, 0.15) is 59.3 Å². The van der Waals surface area contributed by atoms with Crippen molar-refractivity contribution in [2.45, 2.75) is 44.1 Å². The zero-order valence-corrected chi connectivity index (χ0v) is 19.4. The number of benzene rings is 3. The SMILES string of the molecule is CCCCC(c1ccccc1C(=O)OCc1ccccc1)(C(O)c1ccccc1)P(=O)(O)O. The monoisotopic (exact) mass is 468 g/mol. The highest BCUT2D eigenvalue weighted by atomic mass is 31.2. The summed E-state index contributed by atoms with van der Waals surface area (Å²) in [6.45, 7) is 1.92. The van der Waals surface area contributed by atoms with E-state index in [-0.39, 0.29) is 24.2 Å². The Morgan fingerprint density at radius 1 is 0.939 bits per heavy atom. The van der Waals surface area contributed by atoms with Crippen molar-refractivity contribution >= 4 is 13.6 Å². The van der Waals surface area contributed by atoms with Gasteiger partial charge < -0.3 is 19.6 Å². The standard InChI is InChI=1S/C26H29O6P/c1-2-3-18-26(33(29,30)31,24(27)21-14-8-5-9-15-21)23-17-11-10-16-22(23)25(28)32-19-20-12-6-4-7-13-20/h4-17,24,27H,2-3,18-19H2,1H3,(H2,29,30,31). The number of unbranched alkanes of at least 4 members (excludes halogenated alkanes) is 1. The first-order valence-corrected chi connectivity index (χ1v) is 12.5. The van der Waals surface area contributed by atoms with Crippen molar-refractivity contribution in [1.82, 2.24) is 0 Å². The molecule has 0 aliphatic rings. The average Bonchev–Trinajstić information content (AvgIpc) is 2.83. The van der Waals surface area contributed by atoms with E-state index in [4.69, 9.17) is 4.74 Å². The summed E-state index contributed by atoms with van der Waals surface area (Å²) in [5.41, 5.74) is 1.27. The number of aliphatic hydroxyl groups is 1. The average molecular weight is 468 g/mol. The number of ether oxygens (including phenoxy) is 1. The first kappa shape index (κ1) is 24.9. The van der Waals surface area contributed by atoms with Crippen molar-refractivity contribution < 1.29 is 29.0 Å². The molecule has 0 heterocycles.